The van der Waals surface area contributed by atoms with E-state index in [4.69, 9.17) is 23.2 Å². The third kappa shape index (κ3) is 1.81. The summed E-state index contributed by atoms with van der Waals surface area (Å²) in [5, 5.41) is 10.9. The van der Waals surface area contributed by atoms with Crippen molar-refractivity contribution >= 4 is 28.9 Å². The van der Waals surface area contributed by atoms with Crippen molar-refractivity contribution in [3.63, 3.8) is 0 Å². The molecule has 0 fully saturated rings. The molecule has 1 heterocycles. The first-order chi connectivity index (χ1) is 5.15. The quantitative estimate of drug-likeness (QED) is 0.541. The first-order valence-electron chi connectivity index (χ1n) is 2.93. The van der Waals surface area contributed by atoms with Crippen LogP contribution in [-0.2, 0) is 0 Å². The predicted molar refractivity (Wildman–Crippen MR) is 43.9 cm³/mol. The van der Waals surface area contributed by atoms with Crippen LogP contribution in [0.2, 0.25) is 10.3 Å². The molecule has 0 aliphatic heterocycles. The fourth-order valence-electron chi connectivity index (χ4n) is 0.747. The van der Waals surface area contributed by atoms with Crippen LogP contribution in [0.4, 0.5) is 5.69 Å². The molecule has 11 heavy (non-hydrogen) atoms. The summed E-state index contributed by atoms with van der Waals surface area (Å²) in [6, 6.07) is 1.59. The molecule has 60 valence electrons. The summed E-state index contributed by atoms with van der Waals surface area (Å²) in [5.74, 6) is 0. The van der Waals surface area contributed by atoms with Crippen molar-refractivity contribution in [2.24, 2.45) is 0 Å². The number of hydrogen-bond acceptors (Lipinski definition) is 2. The second-order valence-electron chi connectivity index (χ2n) is 2.08. The summed E-state index contributed by atoms with van der Waals surface area (Å²) < 4.78 is 0. The van der Waals surface area contributed by atoms with E-state index in [-0.39, 0.29) is 5.15 Å². The zero-order valence-electron chi connectivity index (χ0n) is 5.77. The maximum Gasteiger partial charge on any atom is 0.192 e. The lowest BCUT2D eigenvalue weighted by molar-refractivity contribution is -0.497. The molecule has 0 unspecified atom stereocenters. The first kappa shape index (κ1) is 8.74. The molecule has 1 aromatic heterocycles. The molecule has 2 N–H and O–H groups in total. The molecule has 0 saturated carbocycles. The Morgan fingerprint density at radius 2 is 2.18 bits per heavy atom. The SMILES string of the molecule is Cc1cc(Cl)nc(Cl)c1[NH2+][O-]. The summed E-state index contributed by atoms with van der Waals surface area (Å²) in [4.78, 5) is 3.70. The molecule has 3 nitrogen and oxygen atoms in total. The number of quaternary nitrogens is 1. The Morgan fingerprint density at radius 3 is 2.64 bits per heavy atom. The molecule has 0 saturated heterocycles. The molecule has 0 amide bonds. The van der Waals surface area contributed by atoms with Crippen molar-refractivity contribution in [2.45, 2.75) is 6.92 Å². The number of pyridine rings is 1. The van der Waals surface area contributed by atoms with Crippen LogP contribution in [0, 0.1) is 12.1 Å². The van der Waals surface area contributed by atoms with Crippen LogP contribution in [-0.4, -0.2) is 4.98 Å². The van der Waals surface area contributed by atoms with Crippen molar-refractivity contribution in [1.82, 2.24) is 4.98 Å². The van der Waals surface area contributed by atoms with Crippen molar-refractivity contribution in [3.8, 4) is 0 Å². The Hall–Kier alpha value is -0.350. The van der Waals surface area contributed by atoms with Crippen LogP contribution in [0.15, 0.2) is 6.07 Å². The van der Waals surface area contributed by atoms with E-state index in [2.05, 4.69) is 4.98 Å². The molecular formula is C6H6Cl2N2O. The molecule has 0 radical (unpaired) electrons. The van der Waals surface area contributed by atoms with Crippen molar-refractivity contribution < 1.29 is 5.48 Å². The molecular weight excluding hydrogens is 187 g/mol. The number of aryl methyl sites for hydroxylation is 1. The van der Waals surface area contributed by atoms with Gasteiger partial charge in [-0.25, -0.2) is 4.98 Å². The molecule has 1 aromatic rings. The van der Waals surface area contributed by atoms with Gasteiger partial charge in [-0.1, -0.05) is 23.2 Å². The van der Waals surface area contributed by atoms with E-state index < -0.39 is 0 Å². The summed E-state index contributed by atoms with van der Waals surface area (Å²) in [6.07, 6.45) is 0. The lowest BCUT2D eigenvalue weighted by Gasteiger charge is -2.06. The third-order valence-corrected chi connectivity index (χ3v) is 1.79. The summed E-state index contributed by atoms with van der Waals surface area (Å²) >= 11 is 11.2. The maximum absolute atomic E-state index is 10.4. The van der Waals surface area contributed by atoms with E-state index in [0.29, 0.717) is 16.3 Å². The topological polar surface area (TPSA) is 52.6 Å². The van der Waals surface area contributed by atoms with E-state index >= 15 is 0 Å². The summed E-state index contributed by atoms with van der Waals surface area (Å²) in [7, 11) is 0. The Labute approximate surface area is 73.9 Å². The summed E-state index contributed by atoms with van der Waals surface area (Å²) in [5.41, 5.74) is 1.81. The lowest BCUT2D eigenvalue weighted by atomic mass is 10.3. The van der Waals surface area contributed by atoms with Gasteiger partial charge in [0.05, 0.1) is 0 Å². The molecule has 0 aliphatic carbocycles. The van der Waals surface area contributed by atoms with Gasteiger partial charge in [0.2, 0.25) is 0 Å². The minimum Gasteiger partial charge on any atom is -0.630 e. The molecule has 0 spiro atoms. The fraction of sp³-hybridized carbons (Fsp3) is 0.167. The van der Waals surface area contributed by atoms with Crippen LogP contribution in [0.3, 0.4) is 0 Å². The van der Waals surface area contributed by atoms with Crippen LogP contribution in [0.5, 0.6) is 0 Å². The van der Waals surface area contributed by atoms with Gasteiger partial charge in [0.1, 0.15) is 5.15 Å². The monoisotopic (exact) mass is 192 g/mol. The van der Waals surface area contributed by atoms with E-state index in [1.807, 2.05) is 0 Å². The van der Waals surface area contributed by atoms with Crippen molar-refractivity contribution in [1.29, 1.82) is 0 Å². The highest BCUT2D eigenvalue weighted by molar-refractivity contribution is 6.33. The van der Waals surface area contributed by atoms with E-state index in [0.717, 1.165) is 5.56 Å². The zero-order valence-corrected chi connectivity index (χ0v) is 7.28. The lowest BCUT2D eigenvalue weighted by Crippen LogP contribution is -2.70. The van der Waals surface area contributed by atoms with Gasteiger partial charge in [0.25, 0.3) is 0 Å². The van der Waals surface area contributed by atoms with Crippen molar-refractivity contribution in [2.75, 3.05) is 0 Å². The molecule has 0 atom stereocenters. The highest BCUT2D eigenvalue weighted by Gasteiger charge is 2.07. The molecule has 0 aromatic carbocycles. The van der Waals surface area contributed by atoms with Crippen LogP contribution in [0.1, 0.15) is 5.56 Å². The van der Waals surface area contributed by atoms with Gasteiger partial charge < -0.3 is 10.7 Å². The number of hydrogen-bond donors (Lipinski definition) is 1. The Bertz CT molecular complexity index is 254. The van der Waals surface area contributed by atoms with Gasteiger partial charge in [-0.15, -0.1) is 0 Å². The van der Waals surface area contributed by atoms with Crippen molar-refractivity contribution in [3.05, 3.63) is 27.1 Å². The average Bonchev–Trinajstić information content (AvgIpc) is 1.85. The smallest absolute Gasteiger partial charge is 0.192 e. The summed E-state index contributed by atoms with van der Waals surface area (Å²) in [6.45, 7) is 1.75. The van der Waals surface area contributed by atoms with Gasteiger partial charge in [-0.3, -0.25) is 0 Å². The third-order valence-electron chi connectivity index (χ3n) is 1.31. The minimum atomic E-state index is 0.157. The number of rotatable bonds is 1. The average molecular weight is 193 g/mol. The largest absolute Gasteiger partial charge is 0.630 e. The number of aromatic nitrogens is 1. The number of halogens is 2. The highest BCUT2D eigenvalue weighted by Crippen LogP contribution is 2.21. The fourth-order valence-corrected chi connectivity index (χ4v) is 1.32. The molecule has 0 bridgehead atoms. The van der Waals surface area contributed by atoms with Gasteiger partial charge in [0.15, 0.2) is 10.8 Å². The Balaban J connectivity index is 3.25. The van der Waals surface area contributed by atoms with Gasteiger partial charge in [0, 0.05) is 5.56 Å². The second-order valence-corrected chi connectivity index (χ2v) is 2.83. The minimum absolute atomic E-state index is 0.157. The molecule has 5 heteroatoms. The number of nitrogens with zero attached hydrogens (tertiary/aromatic N) is 1. The molecule has 0 aliphatic rings. The van der Waals surface area contributed by atoms with E-state index in [1.165, 1.54) is 0 Å². The van der Waals surface area contributed by atoms with E-state index in [1.54, 1.807) is 13.0 Å². The van der Waals surface area contributed by atoms with Gasteiger partial charge in [-0.05, 0) is 13.0 Å². The van der Waals surface area contributed by atoms with E-state index in [9.17, 15) is 5.21 Å². The van der Waals surface area contributed by atoms with Crippen LogP contribution in [0.25, 0.3) is 0 Å². The van der Waals surface area contributed by atoms with Gasteiger partial charge in [-0.2, -0.15) is 0 Å². The maximum atomic E-state index is 10.4. The predicted octanol–water partition coefficient (Wildman–Crippen LogP) is 1.39. The Kier molecular flexibility index (Phi) is 2.67. The second kappa shape index (κ2) is 3.36. The Morgan fingerprint density at radius 1 is 1.55 bits per heavy atom. The van der Waals surface area contributed by atoms with Crippen LogP contribution < -0.4 is 5.48 Å². The van der Waals surface area contributed by atoms with Crippen LogP contribution >= 0.6 is 23.2 Å². The standard InChI is InChI=1S/C6H6Cl2N2O/c1-3-2-4(7)9-6(8)5(3)10-11/h2H,10H2,1H3. The normalized spacial score (nSPS) is 10.2. The van der Waals surface area contributed by atoms with Gasteiger partial charge >= 0.3 is 0 Å². The highest BCUT2D eigenvalue weighted by atomic mass is 35.5. The first-order valence-corrected chi connectivity index (χ1v) is 3.68. The molecule has 1 rings (SSSR count). The zero-order chi connectivity index (χ0) is 8.43. The number of nitrogens with two attached hydrogens (primary N) is 1.